The molecule has 0 atom stereocenters. The van der Waals surface area contributed by atoms with Crippen LogP contribution in [-0.2, 0) is 0 Å². The number of nitrogens with zero attached hydrogens (tertiary/aromatic N) is 4. The second kappa shape index (κ2) is 11.9. The average Bonchev–Trinajstić information content (AvgIpc) is 3.82. The van der Waals surface area contributed by atoms with Gasteiger partial charge >= 0.3 is 0 Å². The van der Waals surface area contributed by atoms with E-state index in [1.54, 1.807) is 0 Å². The maximum Gasteiger partial charge on any atom is 0.164 e. The number of para-hydroxylation sites is 2. The van der Waals surface area contributed by atoms with Crippen LogP contribution in [0.15, 0.2) is 186 Å². The summed E-state index contributed by atoms with van der Waals surface area (Å²) in [7, 11) is 0. The zero-order chi connectivity index (χ0) is 36.7. The van der Waals surface area contributed by atoms with Gasteiger partial charge in [-0.15, -0.1) is 0 Å². The Labute approximate surface area is 320 Å². The van der Waals surface area contributed by atoms with Crippen molar-refractivity contribution >= 4 is 76.1 Å². The summed E-state index contributed by atoms with van der Waals surface area (Å²) in [6.45, 7) is 0. The molecule has 0 radical (unpaired) electrons. The van der Waals surface area contributed by atoms with Gasteiger partial charge in [0.05, 0.1) is 16.4 Å². The van der Waals surface area contributed by atoms with E-state index in [0.29, 0.717) is 17.5 Å². The Balaban J connectivity index is 1.25. The summed E-state index contributed by atoms with van der Waals surface area (Å²) < 4.78 is 9.04. The summed E-state index contributed by atoms with van der Waals surface area (Å²) in [4.78, 5) is 15.7. The van der Waals surface area contributed by atoms with Crippen LogP contribution >= 0.6 is 0 Å². The minimum Gasteiger partial charge on any atom is -0.455 e. The zero-order valence-electron chi connectivity index (χ0n) is 30.0. The van der Waals surface area contributed by atoms with Crippen molar-refractivity contribution in [3.8, 4) is 39.9 Å². The van der Waals surface area contributed by atoms with Crippen molar-refractivity contribution in [1.82, 2.24) is 19.5 Å². The van der Waals surface area contributed by atoms with Crippen LogP contribution in [-0.4, -0.2) is 19.5 Å². The minimum absolute atomic E-state index is 0.616. The summed E-state index contributed by atoms with van der Waals surface area (Å²) in [5.41, 5.74) is 7.76. The molecule has 0 bridgehead atoms. The monoisotopic (exact) mass is 714 g/mol. The minimum atomic E-state index is 0.616. The zero-order valence-corrected chi connectivity index (χ0v) is 30.0. The average molecular weight is 715 g/mol. The maximum absolute atomic E-state index is 6.66. The smallest absolute Gasteiger partial charge is 0.164 e. The number of hydrogen-bond donors (Lipinski definition) is 0. The Morgan fingerprint density at radius 3 is 1.59 bits per heavy atom. The van der Waals surface area contributed by atoms with Gasteiger partial charge in [-0.2, -0.15) is 0 Å². The van der Waals surface area contributed by atoms with Gasteiger partial charge in [-0.1, -0.05) is 146 Å². The number of furan rings is 1. The van der Waals surface area contributed by atoms with Gasteiger partial charge in [0, 0.05) is 43.9 Å². The molecule has 0 saturated carbocycles. The number of benzene rings is 9. The van der Waals surface area contributed by atoms with Crippen molar-refractivity contribution < 1.29 is 4.42 Å². The Kier molecular flexibility index (Phi) is 6.56. The van der Waals surface area contributed by atoms with Crippen LogP contribution in [0.3, 0.4) is 0 Å². The molecule has 9 aromatic carbocycles. The van der Waals surface area contributed by atoms with E-state index < -0.39 is 0 Å². The van der Waals surface area contributed by atoms with E-state index in [4.69, 9.17) is 19.4 Å². The fourth-order valence-electron chi connectivity index (χ4n) is 8.77. The molecule has 56 heavy (non-hydrogen) atoms. The molecule has 3 heterocycles. The van der Waals surface area contributed by atoms with Crippen LogP contribution in [0.1, 0.15) is 0 Å². The van der Waals surface area contributed by atoms with Crippen LogP contribution < -0.4 is 0 Å². The molecular formula is C51H30N4O. The molecule has 0 amide bonds. The molecule has 5 nitrogen and oxygen atoms in total. The van der Waals surface area contributed by atoms with Crippen molar-refractivity contribution in [3.63, 3.8) is 0 Å². The standard InChI is InChI=1S/C51H30N4O/c1-3-15-31(16-4-1)49-52-50(32-17-5-2-6-18-32)54-51(53-49)42-30-33(29-41-36-21-8-7-19-34(36)35-20-9-10-23-38(35)46(41)42)55-43-25-13-11-24-40(43)47-44(55)28-27-39-37-22-12-14-26-45(37)56-48(39)47/h1-30H. The van der Waals surface area contributed by atoms with Crippen molar-refractivity contribution in [1.29, 1.82) is 0 Å². The number of hydrogen-bond acceptors (Lipinski definition) is 4. The Bertz CT molecular complexity index is 3470. The first-order valence-electron chi connectivity index (χ1n) is 18.9. The number of fused-ring (bicyclic) bond motifs is 13. The lowest BCUT2D eigenvalue weighted by Crippen LogP contribution is -2.02. The van der Waals surface area contributed by atoms with E-state index >= 15 is 0 Å². The van der Waals surface area contributed by atoms with Gasteiger partial charge in [-0.05, 0) is 63.3 Å². The van der Waals surface area contributed by atoms with Crippen LogP contribution in [0.5, 0.6) is 0 Å². The Morgan fingerprint density at radius 1 is 0.357 bits per heavy atom. The summed E-state index contributed by atoms with van der Waals surface area (Å²) in [5.74, 6) is 1.87. The van der Waals surface area contributed by atoms with E-state index in [1.165, 1.54) is 16.2 Å². The molecule has 12 aromatic rings. The van der Waals surface area contributed by atoms with Gasteiger partial charge < -0.3 is 8.98 Å². The lowest BCUT2D eigenvalue weighted by molar-refractivity contribution is 0.673. The fourth-order valence-corrected chi connectivity index (χ4v) is 8.77. The SMILES string of the molecule is c1ccc(-c2nc(-c3ccccc3)nc(-c3cc(-n4c5ccccc5c5c6oc7ccccc7c6ccc54)cc4c5ccccc5c5ccccc5c34)n2)cc1. The van der Waals surface area contributed by atoms with Crippen molar-refractivity contribution in [2.45, 2.75) is 0 Å². The predicted molar refractivity (Wildman–Crippen MR) is 230 cm³/mol. The van der Waals surface area contributed by atoms with E-state index in [1.807, 2.05) is 48.5 Å². The molecule has 0 fully saturated rings. The van der Waals surface area contributed by atoms with Gasteiger partial charge in [0.25, 0.3) is 0 Å². The molecule has 3 aromatic heterocycles. The fraction of sp³-hybridized carbons (Fsp3) is 0. The molecule has 0 N–H and O–H groups in total. The Hall–Kier alpha value is -7.63. The van der Waals surface area contributed by atoms with Gasteiger partial charge in [0.2, 0.25) is 0 Å². The van der Waals surface area contributed by atoms with Crippen molar-refractivity contribution in [2.75, 3.05) is 0 Å². The third-order valence-electron chi connectivity index (χ3n) is 11.2. The quantitative estimate of drug-likeness (QED) is 0.170. The molecule has 0 aliphatic rings. The largest absolute Gasteiger partial charge is 0.455 e. The summed E-state index contributed by atoms with van der Waals surface area (Å²) in [6.07, 6.45) is 0. The molecule has 12 rings (SSSR count). The first-order valence-corrected chi connectivity index (χ1v) is 18.9. The third kappa shape index (κ3) is 4.52. The predicted octanol–water partition coefficient (Wildman–Crippen LogP) is 13.3. The highest BCUT2D eigenvalue weighted by Crippen LogP contribution is 2.45. The van der Waals surface area contributed by atoms with Crippen LogP contribution in [0.25, 0.3) is 116 Å². The summed E-state index contributed by atoms with van der Waals surface area (Å²) in [6, 6.07) is 63.8. The molecule has 0 unspecified atom stereocenters. The normalized spacial score (nSPS) is 11.9. The van der Waals surface area contributed by atoms with E-state index in [-0.39, 0.29) is 0 Å². The van der Waals surface area contributed by atoms with Gasteiger partial charge in [0.1, 0.15) is 11.2 Å². The van der Waals surface area contributed by atoms with E-state index in [0.717, 1.165) is 82.3 Å². The first-order chi connectivity index (χ1) is 27.8. The summed E-state index contributed by atoms with van der Waals surface area (Å²) in [5, 5.41) is 11.4. The molecule has 260 valence electrons. The molecule has 5 heteroatoms. The van der Waals surface area contributed by atoms with Crippen LogP contribution in [0.2, 0.25) is 0 Å². The lowest BCUT2D eigenvalue weighted by Gasteiger charge is -2.18. The molecule has 0 saturated heterocycles. The van der Waals surface area contributed by atoms with Crippen LogP contribution in [0.4, 0.5) is 0 Å². The molecule has 0 spiro atoms. The topological polar surface area (TPSA) is 56.7 Å². The second-order valence-corrected chi connectivity index (χ2v) is 14.3. The van der Waals surface area contributed by atoms with Crippen LogP contribution in [0, 0.1) is 0 Å². The maximum atomic E-state index is 6.66. The van der Waals surface area contributed by atoms with Gasteiger partial charge in [-0.25, -0.2) is 15.0 Å². The number of aromatic nitrogens is 4. The van der Waals surface area contributed by atoms with E-state index in [2.05, 4.69) is 138 Å². The first kappa shape index (κ1) is 30.8. The molecule has 0 aliphatic heterocycles. The lowest BCUT2D eigenvalue weighted by atomic mass is 9.91. The van der Waals surface area contributed by atoms with Crippen molar-refractivity contribution in [3.05, 3.63) is 182 Å². The van der Waals surface area contributed by atoms with Gasteiger partial charge in [0.15, 0.2) is 17.5 Å². The third-order valence-corrected chi connectivity index (χ3v) is 11.2. The second-order valence-electron chi connectivity index (χ2n) is 14.3. The Morgan fingerprint density at radius 2 is 0.893 bits per heavy atom. The highest BCUT2D eigenvalue weighted by Gasteiger charge is 2.23. The molecular weight excluding hydrogens is 685 g/mol. The van der Waals surface area contributed by atoms with Crippen molar-refractivity contribution in [2.24, 2.45) is 0 Å². The van der Waals surface area contributed by atoms with E-state index in [9.17, 15) is 0 Å². The summed E-state index contributed by atoms with van der Waals surface area (Å²) >= 11 is 0. The highest BCUT2D eigenvalue weighted by atomic mass is 16.3. The highest BCUT2D eigenvalue weighted by molar-refractivity contribution is 6.29. The van der Waals surface area contributed by atoms with Gasteiger partial charge in [-0.3, -0.25) is 0 Å². The number of rotatable bonds is 4. The molecule has 0 aliphatic carbocycles.